The van der Waals surface area contributed by atoms with Crippen molar-refractivity contribution >= 4 is 206 Å². The molecule has 0 saturated carbocycles. The van der Waals surface area contributed by atoms with Crippen LogP contribution in [-0.2, 0) is 0 Å². The van der Waals surface area contributed by atoms with Crippen molar-refractivity contribution < 1.29 is 38.4 Å². The zero-order valence-electron chi connectivity index (χ0n) is 58.5. The number of carbonyl (C=O) groups excluding carboxylic acids is 8. The fourth-order valence-electron chi connectivity index (χ4n) is 14.4. The molecule has 0 fully saturated rings. The first-order chi connectivity index (χ1) is 54.8. The van der Waals surface area contributed by atoms with Gasteiger partial charge in [0.1, 0.15) is 0 Å². The van der Waals surface area contributed by atoms with E-state index < -0.39 is 40.9 Å². The minimum absolute atomic E-state index is 0.00576. The maximum atomic E-state index is 13.0. The average molecular weight is 1810 g/mol. The van der Waals surface area contributed by atoms with Gasteiger partial charge in [-0.25, -0.2) is 0 Å². The third kappa shape index (κ3) is 12.7. The normalized spacial score (nSPS) is 13.4. The minimum atomic E-state index is -0.729. The second kappa shape index (κ2) is 29.0. The summed E-state index contributed by atoms with van der Waals surface area (Å²) in [4.78, 5) is 120. The molecule has 0 atom stereocenters. The van der Waals surface area contributed by atoms with Crippen LogP contribution in [0.5, 0.6) is 0 Å². The molecule has 12 heterocycles. The van der Waals surface area contributed by atoms with Gasteiger partial charge in [-0.15, -0.1) is 0 Å². The number of carbonyl (C=O) groups is 8. The van der Waals surface area contributed by atoms with Crippen LogP contribution >= 0.6 is 0 Å². The Hall–Kier alpha value is -12.5. The molecule has 0 saturated heterocycles. The molecular weight excluding hydrogens is 1760 g/mol. The molecule has 12 aromatic heterocycles. The van der Waals surface area contributed by atoms with E-state index in [-0.39, 0.29) is 97.6 Å². The Bertz CT molecular complexity index is 6630. The Morgan fingerprint density at radius 3 is 0.839 bits per heavy atom. The summed E-state index contributed by atoms with van der Waals surface area (Å²) < 4.78 is 17.2. The number of ketones is 8. The van der Waals surface area contributed by atoms with Crippen molar-refractivity contribution in [3.8, 4) is 16.5 Å². The average Bonchev–Trinajstić information content (AvgIpc) is 1.61. The summed E-state index contributed by atoms with van der Waals surface area (Å²) in [5.74, 6) is -1.39. The Morgan fingerprint density at radius 1 is 0.250 bits per heavy atom. The van der Waals surface area contributed by atoms with Crippen LogP contribution in [0, 0.1) is 0 Å². The molecule has 0 radical (unpaired) electrons. The molecule has 4 aliphatic carbocycles. The summed E-state index contributed by atoms with van der Waals surface area (Å²) in [6.45, 7) is 0. The molecule has 112 heavy (non-hydrogen) atoms. The van der Waals surface area contributed by atoms with Gasteiger partial charge in [0.2, 0.25) is 0 Å². The Kier molecular flexibility index (Phi) is 18.1. The van der Waals surface area contributed by atoms with E-state index in [1.165, 1.54) is 7.41 Å². The van der Waals surface area contributed by atoms with Gasteiger partial charge in [0.25, 0.3) is 0 Å². The Morgan fingerprint density at radius 2 is 0.518 bits per heavy atom. The number of hydrogen-bond acceptors (Lipinski definition) is 12. The number of Topliss-reactive ketones (excluding diaryl/α,β-unsaturated/α-hetero) is 8. The molecule has 18 aromatic rings. The summed E-state index contributed by atoms with van der Waals surface area (Å²) in [5.41, 5.74) is 8.86. The number of allylic oxidation sites excluding steroid dienone is 4. The molecule has 0 aliphatic heterocycles. The summed E-state index contributed by atoms with van der Waals surface area (Å²) in [7, 11) is 0. The van der Waals surface area contributed by atoms with Gasteiger partial charge in [-0.1, -0.05) is 0 Å². The molecule has 16 nitrogen and oxygen atoms in total. The molecule has 532 valence electrons. The number of pyridine rings is 4. The van der Waals surface area contributed by atoms with Crippen LogP contribution < -0.4 is 0 Å². The number of fused-ring (bicyclic) bond motifs is 10. The van der Waals surface area contributed by atoms with Crippen LogP contribution in [0.15, 0.2) is 315 Å². The maximum absolute atomic E-state index is 13.0. The molecule has 20 heteroatoms. The molecule has 4 aliphatic rings. The van der Waals surface area contributed by atoms with Crippen molar-refractivity contribution in [2.75, 3.05) is 0 Å². The van der Waals surface area contributed by atoms with Crippen molar-refractivity contribution in [3.05, 3.63) is 375 Å². The third-order valence-corrected chi connectivity index (χ3v) is 30.1. The summed E-state index contributed by atoms with van der Waals surface area (Å²) in [5, 5.41) is 8.27. The van der Waals surface area contributed by atoms with Gasteiger partial charge in [-0.05, 0) is 0 Å². The molecule has 0 spiro atoms. The molecule has 0 unspecified atom stereocenters. The van der Waals surface area contributed by atoms with E-state index in [9.17, 15) is 38.4 Å². The van der Waals surface area contributed by atoms with Crippen molar-refractivity contribution in [1.82, 2.24) is 38.2 Å². The van der Waals surface area contributed by atoms with E-state index in [4.69, 9.17) is 0 Å². The van der Waals surface area contributed by atoms with Crippen LogP contribution in [-0.4, -0.2) is 154 Å². The quantitative estimate of drug-likeness (QED) is 0.0791. The molecule has 6 aromatic carbocycles. The van der Waals surface area contributed by atoms with E-state index in [0.29, 0.717) is 44.5 Å². The fourth-order valence-corrected chi connectivity index (χ4v) is 23.7. The van der Waals surface area contributed by atoms with Crippen LogP contribution in [0.3, 0.4) is 0 Å². The fraction of sp³-hybridized carbons (Fsp3) is 0. The van der Waals surface area contributed by atoms with Gasteiger partial charge in [-0.2, -0.15) is 0 Å². The predicted molar refractivity (Wildman–Crippen MR) is 439 cm³/mol. The molecule has 22 rings (SSSR count). The van der Waals surface area contributed by atoms with Crippen LogP contribution in [0.25, 0.3) is 107 Å². The van der Waals surface area contributed by atoms with E-state index >= 15 is 0 Å². The molecular formula is C92H52N8O8Se2Te2. The van der Waals surface area contributed by atoms with Crippen molar-refractivity contribution in [2.45, 2.75) is 0 Å². The zero-order valence-corrected chi connectivity index (χ0v) is 66.6. The van der Waals surface area contributed by atoms with E-state index in [2.05, 4.69) is 56.4 Å². The van der Waals surface area contributed by atoms with Gasteiger partial charge in [-0.3, -0.25) is 0 Å². The van der Waals surface area contributed by atoms with Gasteiger partial charge in [0.15, 0.2) is 0 Å². The van der Waals surface area contributed by atoms with Crippen molar-refractivity contribution in [2.24, 2.45) is 0 Å². The standard InChI is InChI=1S/C25H14N2O2Se.C25H14N2O2Te.C21H12N2O2Se.C21H12N2O2Te/c2*28-23-19-12-16-4-1-2-5-17(16)13-20(19)24(29)21(23)14-18-7-8-22(30-18)27-11-9-15-6-3-10-26-25(15)27;2*24-19-15-5-1-2-6-16(15)20(25)17(19)12-14-7-8-18(26-14)23-11-9-13-4-3-10-22-21(13)23/h2*1-14H;2*1-12H. The third-order valence-electron chi connectivity index (χ3n) is 19.9. The number of rotatable bonds is 8. The van der Waals surface area contributed by atoms with Gasteiger partial charge < -0.3 is 0 Å². The molecule has 0 N–H and O–H groups in total. The Balaban J connectivity index is 0.000000101. The molecule has 0 amide bonds. The predicted octanol–water partition coefficient (Wildman–Crippen LogP) is 16.5. The first-order valence-electron chi connectivity index (χ1n) is 35.4. The van der Waals surface area contributed by atoms with E-state index in [1.807, 2.05) is 201 Å². The Labute approximate surface area is 668 Å². The van der Waals surface area contributed by atoms with Gasteiger partial charge in [0.05, 0.1) is 0 Å². The van der Waals surface area contributed by atoms with Gasteiger partial charge in [0, 0.05) is 0 Å². The first kappa shape index (κ1) is 69.9. The summed E-state index contributed by atoms with van der Waals surface area (Å²) in [6, 6.07) is 77.3. The van der Waals surface area contributed by atoms with Crippen molar-refractivity contribution in [3.63, 3.8) is 0 Å². The first-order valence-corrected chi connectivity index (χ1v) is 43.5. The van der Waals surface area contributed by atoms with Crippen molar-refractivity contribution in [1.29, 1.82) is 0 Å². The van der Waals surface area contributed by atoms with Gasteiger partial charge >= 0.3 is 674 Å². The second-order valence-electron chi connectivity index (χ2n) is 26.6. The topological polar surface area (TPSA) is 208 Å². The second-order valence-corrected chi connectivity index (χ2v) is 37.4. The monoisotopic (exact) mass is 1820 g/mol. The van der Waals surface area contributed by atoms with E-state index in [0.717, 1.165) is 90.8 Å². The molecule has 0 bridgehead atoms. The number of benzene rings is 6. The van der Waals surface area contributed by atoms with Crippen LogP contribution in [0.2, 0.25) is 0 Å². The van der Waals surface area contributed by atoms with E-state index in [1.54, 1.807) is 97.6 Å². The van der Waals surface area contributed by atoms with Crippen LogP contribution in [0.4, 0.5) is 0 Å². The van der Waals surface area contributed by atoms with Crippen LogP contribution in [0.1, 0.15) is 98.9 Å². The number of nitrogens with zero attached hydrogens (tertiary/aromatic N) is 8. The summed E-state index contributed by atoms with van der Waals surface area (Å²) >= 11 is -1.43. The SMILES string of the molecule is O=C1C(=Cc2ccc(-n3ccc4cccnc43)[se]2)C(=O)c2cc3ccccc3cc21.O=C1C(=Cc2ccc(-n3ccc4cccnc43)[se]2)C(=O)c2ccccc21.O=C1C(=Cc2ccc(-n3ccc4cccnc43)[te]2)C(=O)c2cc3ccccc3cc21.O=C1C(=Cc2ccc(-n3ccc4cccnc43)[te]2)C(=O)c2ccccc21. The number of hydrogen-bond donors (Lipinski definition) is 0. The zero-order chi connectivity index (χ0) is 75.8. The number of aromatic nitrogens is 8. The summed E-state index contributed by atoms with van der Waals surface area (Å²) in [6.07, 6.45) is 22.4.